The van der Waals surface area contributed by atoms with Gasteiger partial charge in [0.05, 0.1) is 51.9 Å². The number of fused-ring (bicyclic) bond motifs is 4. The van der Waals surface area contributed by atoms with E-state index in [0.29, 0.717) is 52.7 Å². The Labute approximate surface area is 482 Å². The predicted molar refractivity (Wildman–Crippen MR) is 300 cm³/mol. The van der Waals surface area contributed by atoms with Crippen molar-refractivity contribution < 1.29 is 81.0 Å². The standard InChI is InChI=1S/C56H68ClN9O17/c1-33(2)48(62-54(73)80-26-24-78-21-18-65-45(68)13-14-46(65)69)52(71)58-34(3)51(70)60-39-9-7-36(8-10-39)32-81-55(74)63(5)15-16-64(17-20-77-22-19-67)56(75)83-44-29-43-47(49-50(44)82-35(4)59-49)38(30-57)31-66(43)53(72)42-28-37-27-40(79-25-23-76-6)11-12-41(37)61-42/h7-14,27-29,33-34,38,48,61,67H,15-26,30-32H2,1-6H3,(H,58,71)(H,60,70)(H,62,73)/t34-,38?,48+/m0/s1. The van der Waals surface area contributed by atoms with Crippen LogP contribution in [-0.2, 0) is 49.5 Å². The van der Waals surface area contributed by atoms with Crippen molar-refractivity contribution in [3.63, 3.8) is 0 Å². The molecule has 1 unspecified atom stereocenters. The number of hydrogen-bond donors (Lipinski definition) is 5. The highest BCUT2D eigenvalue weighted by molar-refractivity contribution is 6.19. The van der Waals surface area contributed by atoms with Crippen LogP contribution in [0.5, 0.6) is 11.5 Å². The van der Waals surface area contributed by atoms with Crippen molar-refractivity contribution in [1.82, 2.24) is 35.3 Å². The van der Waals surface area contributed by atoms with Crippen LogP contribution in [0.4, 0.5) is 25.8 Å². The van der Waals surface area contributed by atoms with Crippen molar-refractivity contribution in [2.45, 2.75) is 52.3 Å². The second-order valence-electron chi connectivity index (χ2n) is 19.6. The number of aliphatic hydroxyl groups is 1. The Hall–Kier alpha value is -8.30. The molecule has 27 heteroatoms. The highest BCUT2D eigenvalue weighted by Gasteiger charge is 2.38. The monoisotopic (exact) mass is 1170 g/mol. The molecule has 8 amide bonds. The molecule has 3 aromatic carbocycles. The zero-order valence-corrected chi connectivity index (χ0v) is 47.6. The first-order chi connectivity index (χ1) is 39.9. The Morgan fingerprint density at radius 2 is 1.60 bits per heavy atom. The summed E-state index contributed by atoms with van der Waals surface area (Å²) in [7, 11) is 3.08. The molecule has 7 rings (SSSR count). The van der Waals surface area contributed by atoms with E-state index in [1.165, 1.54) is 35.9 Å². The van der Waals surface area contributed by atoms with Gasteiger partial charge >= 0.3 is 18.3 Å². The molecule has 0 bridgehead atoms. The van der Waals surface area contributed by atoms with Gasteiger partial charge in [0.25, 0.3) is 17.7 Å². The fraction of sp³-hybridized carbons (Fsp3) is 0.446. The number of aliphatic hydroxyl groups excluding tert-OH is 1. The average molecular weight is 1170 g/mol. The molecule has 83 heavy (non-hydrogen) atoms. The van der Waals surface area contributed by atoms with Gasteiger partial charge in [0.15, 0.2) is 17.2 Å². The van der Waals surface area contributed by atoms with Crippen molar-refractivity contribution in [1.29, 1.82) is 0 Å². The number of alkyl halides is 1. The number of aromatic amines is 1. The summed E-state index contributed by atoms with van der Waals surface area (Å²) in [5.74, 6) is -2.09. The molecular formula is C56H68ClN9O17. The number of imide groups is 1. The normalized spacial score (nSPS) is 14.4. The number of ether oxygens (including phenoxy) is 7. The van der Waals surface area contributed by atoms with Gasteiger partial charge in [0.2, 0.25) is 11.8 Å². The van der Waals surface area contributed by atoms with Gasteiger partial charge < -0.3 is 78.3 Å². The van der Waals surface area contributed by atoms with Gasteiger partial charge in [-0.1, -0.05) is 26.0 Å². The van der Waals surface area contributed by atoms with Gasteiger partial charge in [-0.3, -0.25) is 28.9 Å². The van der Waals surface area contributed by atoms with E-state index in [1.807, 2.05) is 12.1 Å². The summed E-state index contributed by atoms with van der Waals surface area (Å²) < 4.78 is 44.4. The van der Waals surface area contributed by atoms with Crippen LogP contribution < -0.4 is 30.3 Å². The second-order valence-corrected chi connectivity index (χ2v) is 19.9. The SMILES string of the molecule is COCCOc1ccc2[nH]c(C(=O)N3CC(CCl)c4c3cc(OC(=O)N(CCOCCO)CCN(C)C(=O)OCc3ccc(NC(=O)[C@H](C)NC(=O)[C@H](NC(=O)OCCOCCN5C(=O)C=CC5=O)C(C)C)cc3)c3oc(C)nc43)cc2c1. The maximum absolute atomic E-state index is 14.4. The van der Waals surface area contributed by atoms with E-state index >= 15 is 0 Å². The van der Waals surface area contributed by atoms with Crippen molar-refractivity contribution in [2.24, 2.45) is 5.92 Å². The lowest BCUT2D eigenvalue weighted by Crippen LogP contribution is -2.53. The Balaban J connectivity index is 0.900. The van der Waals surface area contributed by atoms with Crippen LogP contribution >= 0.6 is 11.6 Å². The zero-order valence-electron chi connectivity index (χ0n) is 46.9. The number of anilines is 2. The number of amides is 8. The summed E-state index contributed by atoms with van der Waals surface area (Å²) in [6.07, 6.45) is -0.100. The first-order valence-electron chi connectivity index (χ1n) is 26.7. The number of aromatic nitrogens is 2. The molecule has 26 nitrogen and oxygen atoms in total. The van der Waals surface area contributed by atoms with Crippen LogP contribution in [0, 0.1) is 12.8 Å². The lowest BCUT2D eigenvalue weighted by atomic mass is 10.0. The third kappa shape index (κ3) is 16.5. The first kappa shape index (κ1) is 62.3. The summed E-state index contributed by atoms with van der Waals surface area (Å²) in [5, 5.41) is 17.9. The van der Waals surface area contributed by atoms with E-state index in [-0.39, 0.29) is 120 Å². The number of hydrogen-bond acceptors (Lipinski definition) is 18. The Morgan fingerprint density at radius 1 is 0.855 bits per heavy atom. The number of likely N-dealkylation sites (N-methyl/N-ethyl adjacent to an activating group) is 1. The minimum Gasteiger partial charge on any atom is -0.491 e. The molecule has 446 valence electrons. The molecular weight excluding hydrogens is 1110 g/mol. The largest absolute Gasteiger partial charge is 0.491 e. The molecule has 2 aromatic heterocycles. The number of nitrogens with one attached hydrogen (secondary N) is 4. The smallest absolute Gasteiger partial charge is 0.415 e. The predicted octanol–water partition coefficient (Wildman–Crippen LogP) is 4.84. The fourth-order valence-corrected chi connectivity index (χ4v) is 9.07. The van der Waals surface area contributed by atoms with Crippen LogP contribution in [0.25, 0.3) is 22.0 Å². The van der Waals surface area contributed by atoms with Crippen LogP contribution in [0.15, 0.2) is 71.2 Å². The minimum atomic E-state index is -1.05. The molecule has 2 aliphatic heterocycles. The molecule has 0 spiro atoms. The Morgan fingerprint density at radius 3 is 2.31 bits per heavy atom. The highest BCUT2D eigenvalue weighted by atomic mass is 35.5. The molecule has 0 saturated carbocycles. The van der Waals surface area contributed by atoms with Gasteiger partial charge in [0.1, 0.15) is 48.9 Å². The van der Waals surface area contributed by atoms with Crippen molar-refractivity contribution in [2.75, 3.05) is 116 Å². The number of carbonyl (C=O) groups is 8. The third-order valence-corrected chi connectivity index (χ3v) is 13.6. The Bertz CT molecular complexity index is 3150. The van der Waals surface area contributed by atoms with Crippen molar-refractivity contribution in [3.05, 3.63) is 89.5 Å². The van der Waals surface area contributed by atoms with E-state index in [4.69, 9.17) is 49.2 Å². The lowest BCUT2D eigenvalue weighted by Gasteiger charge is -2.25. The molecule has 4 heterocycles. The van der Waals surface area contributed by atoms with Gasteiger partial charge in [0, 0.05) is 99.4 Å². The number of nitrogens with zero attached hydrogens (tertiary/aromatic N) is 5. The summed E-state index contributed by atoms with van der Waals surface area (Å²) in [6.45, 7) is 6.99. The van der Waals surface area contributed by atoms with Gasteiger partial charge in [-0.2, -0.15) is 0 Å². The molecule has 5 aromatic rings. The van der Waals surface area contributed by atoms with Crippen LogP contribution in [0.1, 0.15) is 54.2 Å². The lowest BCUT2D eigenvalue weighted by molar-refractivity contribution is -0.137. The molecule has 0 radical (unpaired) electrons. The number of methoxy groups -OCH3 is 1. The fourth-order valence-electron chi connectivity index (χ4n) is 8.82. The molecule has 0 fully saturated rings. The average Bonchev–Trinajstić information content (AvgIpc) is 4.45. The van der Waals surface area contributed by atoms with Gasteiger partial charge in [-0.15, -0.1) is 11.6 Å². The van der Waals surface area contributed by atoms with Crippen molar-refractivity contribution >= 4 is 92.8 Å². The molecule has 2 aliphatic rings. The maximum Gasteiger partial charge on any atom is 0.415 e. The van der Waals surface area contributed by atoms with E-state index in [9.17, 15) is 43.5 Å². The zero-order chi connectivity index (χ0) is 59.7. The van der Waals surface area contributed by atoms with Gasteiger partial charge in [-0.05, 0) is 54.8 Å². The number of rotatable bonds is 29. The topological polar surface area (TPSA) is 312 Å². The summed E-state index contributed by atoms with van der Waals surface area (Å²) in [4.78, 5) is 117. The number of carbonyl (C=O) groups excluding carboxylic acids is 8. The molecule has 0 saturated heterocycles. The molecule has 5 N–H and O–H groups in total. The quantitative estimate of drug-likeness (QED) is 0.0243. The number of benzene rings is 3. The number of H-pyrrole nitrogens is 1. The highest BCUT2D eigenvalue weighted by Crippen LogP contribution is 2.46. The number of halogens is 1. The number of oxazole rings is 1. The van der Waals surface area contributed by atoms with Crippen LogP contribution in [0.3, 0.4) is 0 Å². The minimum absolute atomic E-state index is 0.00116. The second kappa shape index (κ2) is 29.6. The summed E-state index contributed by atoms with van der Waals surface area (Å²) in [5.41, 5.74) is 3.64. The third-order valence-electron chi connectivity index (χ3n) is 13.3. The maximum atomic E-state index is 14.4. The first-order valence-corrected chi connectivity index (χ1v) is 27.3. The number of aryl methyl sites for hydroxylation is 1. The molecule has 3 atom stereocenters. The number of alkyl carbamates (subject to hydrolysis) is 1. The van der Waals surface area contributed by atoms with Gasteiger partial charge in [-0.25, -0.2) is 19.4 Å². The van der Waals surface area contributed by atoms with Crippen LogP contribution in [-0.4, -0.2) is 195 Å². The Kier molecular flexibility index (Phi) is 22.2. The van der Waals surface area contributed by atoms with E-state index in [2.05, 4.69) is 25.9 Å². The summed E-state index contributed by atoms with van der Waals surface area (Å²) in [6, 6.07) is 13.1. The van der Waals surface area contributed by atoms with Crippen LogP contribution in [0.2, 0.25) is 0 Å². The molecule has 0 aliphatic carbocycles. The van der Waals surface area contributed by atoms with Crippen molar-refractivity contribution in [3.8, 4) is 11.5 Å². The van der Waals surface area contributed by atoms with E-state index in [1.54, 1.807) is 75.2 Å². The van der Waals surface area contributed by atoms with E-state index in [0.717, 1.165) is 15.8 Å². The van der Waals surface area contributed by atoms with E-state index < -0.39 is 54.0 Å². The summed E-state index contributed by atoms with van der Waals surface area (Å²) >= 11 is 6.53.